The summed E-state index contributed by atoms with van der Waals surface area (Å²) in [4.78, 5) is 12.8. The van der Waals surface area contributed by atoms with Crippen LogP contribution in [-0.4, -0.2) is 74.1 Å². The number of aromatic nitrogens is 2. The highest BCUT2D eigenvalue weighted by molar-refractivity contribution is 5.96. The van der Waals surface area contributed by atoms with Gasteiger partial charge >= 0.3 is 6.18 Å². The predicted octanol–water partition coefficient (Wildman–Crippen LogP) is 2.38. The molecule has 0 aromatic carbocycles. The number of carbonyl (C=O) groups is 1. The van der Waals surface area contributed by atoms with E-state index in [4.69, 9.17) is 23.4 Å². The number of furan rings is 1. The maximum Gasteiger partial charge on any atom is 0.420 e. The van der Waals surface area contributed by atoms with Crippen molar-refractivity contribution < 1.29 is 41.3 Å². The lowest BCUT2D eigenvalue weighted by Crippen LogP contribution is -2.40. The lowest BCUT2D eigenvalue weighted by molar-refractivity contribution is -0.137. The first-order valence-corrected chi connectivity index (χ1v) is 11.3. The monoisotopic (exact) mass is 485 g/mol. The van der Waals surface area contributed by atoms with E-state index in [0.717, 1.165) is 0 Å². The number of ether oxygens (including phenoxy) is 4. The summed E-state index contributed by atoms with van der Waals surface area (Å²) in [6.45, 7) is 4.70. The minimum absolute atomic E-state index is 0.0151. The van der Waals surface area contributed by atoms with Crippen LogP contribution in [0.5, 0.6) is 0 Å². The standard InChI is InChI=1S/C22H26F3N3O6/c1-12-6-16-17(19-15(12)9-28(27-19)8-14-11-31-3-5-33-14)18(22(23,24)25)20(34-16)21(29)26-7-13-10-30-2-4-32-13/h9,12-14H,2-8,10-11H2,1H3,(H,26,29)/t12?,13-,14?/m1/s1. The van der Waals surface area contributed by atoms with Crippen LogP contribution in [0.1, 0.15) is 40.3 Å². The van der Waals surface area contributed by atoms with Crippen molar-refractivity contribution in [1.82, 2.24) is 15.1 Å². The zero-order chi connectivity index (χ0) is 23.9. The van der Waals surface area contributed by atoms with Crippen molar-refractivity contribution in [2.24, 2.45) is 0 Å². The van der Waals surface area contributed by atoms with Crippen LogP contribution < -0.4 is 5.32 Å². The number of fused-ring (bicyclic) bond motifs is 3. The molecule has 1 N–H and O–H groups in total. The second-order valence-electron chi connectivity index (χ2n) is 8.71. The molecular formula is C22H26F3N3O6. The molecule has 3 aliphatic rings. The number of nitrogens with one attached hydrogen (secondary N) is 1. The summed E-state index contributed by atoms with van der Waals surface area (Å²) in [6.07, 6.45) is -3.49. The van der Waals surface area contributed by atoms with Gasteiger partial charge in [0.15, 0.2) is 0 Å². The highest BCUT2D eigenvalue weighted by Crippen LogP contribution is 2.48. The number of hydrogen-bond donors (Lipinski definition) is 1. The zero-order valence-corrected chi connectivity index (χ0v) is 18.7. The normalized spacial score (nSPS) is 25.0. The molecule has 0 radical (unpaired) electrons. The Morgan fingerprint density at radius 1 is 1.15 bits per heavy atom. The fourth-order valence-electron chi connectivity index (χ4n) is 4.57. The van der Waals surface area contributed by atoms with Gasteiger partial charge in [-0.05, 0) is 5.92 Å². The number of nitrogens with zero attached hydrogens (tertiary/aromatic N) is 2. The van der Waals surface area contributed by atoms with Crippen molar-refractivity contribution in [3.8, 4) is 11.3 Å². The Balaban J connectivity index is 1.45. The highest BCUT2D eigenvalue weighted by atomic mass is 19.4. The summed E-state index contributed by atoms with van der Waals surface area (Å²) >= 11 is 0. The summed E-state index contributed by atoms with van der Waals surface area (Å²) in [5.41, 5.74) is -0.404. The average Bonchev–Trinajstić information content (AvgIpc) is 3.41. The van der Waals surface area contributed by atoms with E-state index in [9.17, 15) is 18.0 Å². The molecule has 2 unspecified atom stereocenters. The van der Waals surface area contributed by atoms with E-state index in [1.165, 1.54) is 0 Å². The molecule has 2 aromatic heterocycles. The molecule has 0 saturated carbocycles. The van der Waals surface area contributed by atoms with Gasteiger partial charge < -0.3 is 28.7 Å². The first kappa shape index (κ1) is 23.3. The van der Waals surface area contributed by atoms with E-state index in [1.54, 1.807) is 10.9 Å². The molecule has 1 aliphatic carbocycles. The fraction of sp³-hybridized carbons (Fsp3) is 0.636. The van der Waals surface area contributed by atoms with Gasteiger partial charge in [0.05, 0.1) is 63.5 Å². The highest BCUT2D eigenvalue weighted by Gasteiger charge is 2.46. The number of halogens is 3. The van der Waals surface area contributed by atoms with E-state index in [2.05, 4.69) is 10.4 Å². The quantitative estimate of drug-likeness (QED) is 0.695. The number of carbonyl (C=O) groups excluding carboxylic acids is 1. The Morgan fingerprint density at radius 2 is 1.85 bits per heavy atom. The minimum atomic E-state index is -4.81. The minimum Gasteiger partial charge on any atom is -0.455 e. The summed E-state index contributed by atoms with van der Waals surface area (Å²) in [5.74, 6) is -1.72. The molecule has 12 heteroatoms. The van der Waals surface area contributed by atoms with Crippen LogP contribution in [0.3, 0.4) is 0 Å². The van der Waals surface area contributed by atoms with Crippen LogP contribution in [0.4, 0.5) is 13.2 Å². The van der Waals surface area contributed by atoms with Gasteiger partial charge in [-0.2, -0.15) is 18.3 Å². The Labute approximate surface area is 193 Å². The largest absolute Gasteiger partial charge is 0.455 e. The molecule has 0 bridgehead atoms. The van der Waals surface area contributed by atoms with Crippen molar-refractivity contribution in [1.29, 1.82) is 0 Å². The zero-order valence-electron chi connectivity index (χ0n) is 18.7. The van der Waals surface area contributed by atoms with Gasteiger partial charge in [-0.3, -0.25) is 9.48 Å². The maximum absolute atomic E-state index is 14.2. The van der Waals surface area contributed by atoms with Crippen LogP contribution in [-0.2, 0) is 38.1 Å². The Kier molecular flexibility index (Phi) is 6.40. The summed E-state index contributed by atoms with van der Waals surface area (Å²) in [5, 5.41) is 6.95. The van der Waals surface area contributed by atoms with Gasteiger partial charge in [0, 0.05) is 24.7 Å². The molecule has 2 aromatic rings. The van der Waals surface area contributed by atoms with Crippen LogP contribution in [0.2, 0.25) is 0 Å². The Morgan fingerprint density at radius 3 is 2.50 bits per heavy atom. The van der Waals surface area contributed by atoms with Crippen molar-refractivity contribution in [2.75, 3.05) is 46.2 Å². The van der Waals surface area contributed by atoms with Crippen molar-refractivity contribution in [3.05, 3.63) is 28.8 Å². The maximum atomic E-state index is 14.2. The first-order chi connectivity index (χ1) is 16.3. The molecule has 2 fully saturated rings. The van der Waals surface area contributed by atoms with Gasteiger partial charge in [0.2, 0.25) is 5.76 Å². The van der Waals surface area contributed by atoms with Crippen LogP contribution in [0.25, 0.3) is 11.3 Å². The van der Waals surface area contributed by atoms with Gasteiger partial charge in [0.1, 0.15) is 17.4 Å². The number of rotatable bonds is 5. The van der Waals surface area contributed by atoms with Gasteiger partial charge in [-0.15, -0.1) is 0 Å². The number of alkyl halides is 3. The molecule has 4 heterocycles. The van der Waals surface area contributed by atoms with Crippen molar-refractivity contribution >= 4 is 5.91 Å². The Bertz CT molecular complexity index is 1040. The second kappa shape index (κ2) is 9.33. The van der Waals surface area contributed by atoms with Crippen LogP contribution in [0, 0.1) is 0 Å². The topological polar surface area (TPSA) is 97.0 Å². The van der Waals surface area contributed by atoms with Gasteiger partial charge in [-0.1, -0.05) is 6.92 Å². The third kappa shape index (κ3) is 4.59. The number of amides is 1. The average molecular weight is 485 g/mol. The molecule has 1 amide bonds. The third-order valence-corrected chi connectivity index (χ3v) is 6.17. The lowest BCUT2D eigenvalue weighted by atomic mass is 9.86. The van der Waals surface area contributed by atoms with E-state index >= 15 is 0 Å². The predicted molar refractivity (Wildman–Crippen MR) is 111 cm³/mol. The molecule has 2 aliphatic heterocycles. The molecule has 5 rings (SSSR count). The lowest BCUT2D eigenvalue weighted by Gasteiger charge is -2.23. The van der Waals surface area contributed by atoms with Gasteiger partial charge in [0.25, 0.3) is 5.91 Å². The molecule has 0 spiro atoms. The SMILES string of the molecule is CC1Cc2oc(C(=O)NC[C@@H]3COCCO3)c(C(F)(F)F)c2-c2nn(CC3COCCO3)cc21. The molecule has 186 valence electrons. The van der Waals surface area contributed by atoms with Gasteiger partial charge in [-0.25, -0.2) is 0 Å². The summed E-state index contributed by atoms with van der Waals surface area (Å²) in [7, 11) is 0. The van der Waals surface area contributed by atoms with E-state index < -0.39 is 29.5 Å². The molecular weight excluding hydrogens is 459 g/mol. The summed E-state index contributed by atoms with van der Waals surface area (Å²) in [6, 6.07) is 0. The van der Waals surface area contributed by atoms with E-state index in [-0.39, 0.29) is 48.6 Å². The molecule has 9 nitrogen and oxygen atoms in total. The fourth-order valence-corrected chi connectivity index (χ4v) is 4.57. The van der Waals surface area contributed by atoms with Crippen LogP contribution in [0.15, 0.2) is 10.6 Å². The molecule has 34 heavy (non-hydrogen) atoms. The van der Waals surface area contributed by atoms with E-state index in [0.29, 0.717) is 45.1 Å². The third-order valence-electron chi connectivity index (χ3n) is 6.17. The summed E-state index contributed by atoms with van der Waals surface area (Å²) < 4.78 is 71.6. The van der Waals surface area contributed by atoms with Crippen molar-refractivity contribution in [3.63, 3.8) is 0 Å². The van der Waals surface area contributed by atoms with E-state index in [1.807, 2.05) is 6.92 Å². The van der Waals surface area contributed by atoms with Crippen molar-refractivity contribution in [2.45, 2.75) is 44.2 Å². The smallest absolute Gasteiger partial charge is 0.420 e. The first-order valence-electron chi connectivity index (χ1n) is 11.3. The number of hydrogen-bond acceptors (Lipinski definition) is 7. The van der Waals surface area contributed by atoms with Crippen LogP contribution >= 0.6 is 0 Å². The second-order valence-corrected chi connectivity index (χ2v) is 8.71. The molecule has 3 atom stereocenters. The Hall–Kier alpha value is -2.41. The molecule has 2 saturated heterocycles.